The van der Waals surface area contributed by atoms with Gasteiger partial charge in [0.1, 0.15) is 12.2 Å². The van der Waals surface area contributed by atoms with E-state index in [1.807, 2.05) is 30.3 Å². The van der Waals surface area contributed by atoms with Crippen LogP contribution in [0.1, 0.15) is 17.5 Å². The Bertz CT molecular complexity index is 593. The number of rotatable bonds is 4. The molecule has 133 valence electrons. The molecular weight excluding hydrogens is 355 g/mol. The molecule has 2 aromatic rings. The van der Waals surface area contributed by atoms with Gasteiger partial charge in [-0.15, -0.1) is 5.56 Å². The second kappa shape index (κ2) is 10.8. The smallest absolute Gasteiger partial charge is 0.112 e. The van der Waals surface area contributed by atoms with Crippen molar-refractivity contribution in [2.24, 2.45) is 0 Å². The molecule has 1 N–H and O–H groups in total. The Labute approximate surface area is 161 Å². The van der Waals surface area contributed by atoms with Crippen LogP contribution >= 0.6 is 0 Å². The van der Waals surface area contributed by atoms with E-state index in [1.54, 1.807) is 12.1 Å². The van der Waals surface area contributed by atoms with E-state index in [-0.39, 0.29) is 43.5 Å². The fraction of sp³-hybridized carbons (Fsp3) is 0.400. The average molecular weight is 378 g/mol. The minimum Gasteiger partial charge on any atom is -0.394 e. The molecule has 4 rings (SSSR count). The van der Waals surface area contributed by atoms with E-state index in [4.69, 9.17) is 19.3 Å². The number of hydrogen-bond donors (Lipinski definition) is 1. The van der Waals surface area contributed by atoms with Crippen LogP contribution in [0.3, 0.4) is 0 Å². The molecule has 2 aliphatic heterocycles. The molecule has 0 aliphatic carbocycles. The van der Waals surface area contributed by atoms with Gasteiger partial charge in [-0.05, 0) is 12.0 Å². The summed E-state index contributed by atoms with van der Waals surface area (Å²) in [4.78, 5) is 0. The zero-order valence-electron chi connectivity index (χ0n) is 14.1. The Morgan fingerprint density at radius 3 is 2.48 bits per heavy atom. The zero-order chi connectivity index (χ0) is 16.6. The summed E-state index contributed by atoms with van der Waals surface area (Å²) in [5.41, 5.74) is 2.13. The first kappa shape index (κ1) is 20.2. The van der Waals surface area contributed by atoms with Crippen molar-refractivity contribution in [1.82, 2.24) is 0 Å². The molecule has 0 aromatic heterocycles. The Morgan fingerprint density at radius 1 is 1.04 bits per heavy atom. The maximum absolute atomic E-state index is 8.52. The number of aliphatic hydroxyl groups is 1. The van der Waals surface area contributed by atoms with E-state index in [0.29, 0.717) is 13.2 Å². The van der Waals surface area contributed by atoms with Crippen LogP contribution in [0.2, 0.25) is 0 Å². The summed E-state index contributed by atoms with van der Waals surface area (Å²) in [6, 6.07) is 20.3. The summed E-state index contributed by atoms with van der Waals surface area (Å²) in [6.45, 7) is 2.23. The first-order chi connectivity index (χ1) is 11.9. The van der Waals surface area contributed by atoms with Crippen LogP contribution in [0.25, 0.3) is 0 Å². The van der Waals surface area contributed by atoms with Gasteiger partial charge in [0.25, 0.3) is 0 Å². The van der Waals surface area contributed by atoms with Crippen LogP contribution < -0.4 is 0 Å². The summed E-state index contributed by atoms with van der Waals surface area (Å²) in [6.07, 6.45) is 1.53. The summed E-state index contributed by atoms with van der Waals surface area (Å²) in [5, 5.41) is 8.52. The van der Waals surface area contributed by atoms with Gasteiger partial charge in [0, 0.05) is 31.8 Å². The molecule has 4 nitrogen and oxygen atoms in total. The Hall–Kier alpha value is -1.14. The zero-order valence-corrected chi connectivity index (χ0v) is 15.5. The van der Waals surface area contributed by atoms with Crippen LogP contribution in [-0.2, 0) is 46.0 Å². The van der Waals surface area contributed by atoms with Gasteiger partial charge >= 0.3 is 0 Å². The summed E-state index contributed by atoms with van der Waals surface area (Å²) in [7, 11) is 0. The van der Waals surface area contributed by atoms with Crippen molar-refractivity contribution < 1.29 is 37.9 Å². The van der Waals surface area contributed by atoms with Crippen molar-refractivity contribution >= 4 is 0 Å². The fourth-order valence-electron chi connectivity index (χ4n) is 2.88. The van der Waals surface area contributed by atoms with E-state index >= 15 is 0 Å². The summed E-state index contributed by atoms with van der Waals surface area (Å²) >= 11 is 0. The third kappa shape index (κ3) is 5.96. The Morgan fingerprint density at radius 2 is 1.80 bits per heavy atom. The fourth-order valence-corrected chi connectivity index (χ4v) is 2.88. The predicted molar refractivity (Wildman–Crippen MR) is 90.3 cm³/mol. The molecule has 5 heteroatoms. The summed E-state index contributed by atoms with van der Waals surface area (Å²) < 4.78 is 17.1. The maximum atomic E-state index is 8.52. The number of ether oxygens (including phenoxy) is 3. The molecule has 2 aromatic carbocycles. The first-order valence-corrected chi connectivity index (χ1v) is 8.31. The van der Waals surface area contributed by atoms with Crippen LogP contribution in [0.15, 0.2) is 54.6 Å². The SMILES string of the molecule is OCc1cc[c-]cc1.[V].c1ccc(COC2CO[C@@H]3CCO[C@H]23)cc1. The average Bonchev–Trinajstić information content (AvgIpc) is 3.26. The molecular formula is C20H23O4V-. The molecule has 1 radical (unpaired) electrons. The van der Waals surface area contributed by atoms with E-state index in [9.17, 15) is 0 Å². The molecule has 0 bridgehead atoms. The molecule has 2 aliphatic rings. The molecule has 3 atom stereocenters. The largest absolute Gasteiger partial charge is 0.394 e. The van der Waals surface area contributed by atoms with Gasteiger partial charge in [0.05, 0.1) is 19.3 Å². The Kier molecular flexibility index (Phi) is 8.69. The van der Waals surface area contributed by atoms with Crippen molar-refractivity contribution in [3.8, 4) is 0 Å². The van der Waals surface area contributed by atoms with E-state index in [0.717, 1.165) is 18.6 Å². The summed E-state index contributed by atoms with van der Waals surface area (Å²) in [5.74, 6) is 0. The van der Waals surface area contributed by atoms with Crippen molar-refractivity contribution in [2.75, 3.05) is 13.2 Å². The molecule has 25 heavy (non-hydrogen) atoms. The van der Waals surface area contributed by atoms with Gasteiger partial charge in [-0.3, -0.25) is 0 Å². The van der Waals surface area contributed by atoms with Crippen molar-refractivity contribution in [3.63, 3.8) is 0 Å². The second-order valence-corrected chi connectivity index (χ2v) is 5.90. The molecule has 2 saturated heterocycles. The predicted octanol–water partition coefficient (Wildman–Crippen LogP) is 2.74. The van der Waals surface area contributed by atoms with Crippen LogP contribution in [0.4, 0.5) is 0 Å². The molecule has 2 heterocycles. The minimum atomic E-state index is 0. The van der Waals surface area contributed by atoms with Gasteiger partial charge in [0.2, 0.25) is 0 Å². The normalized spacial score (nSPS) is 24.0. The van der Waals surface area contributed by atoms with E-state index < -0.39 is 0 Å². The van der Waals surface area contributed by atoms with E-state index in [2.05, 4.69) is 18.2 Å². The molecule has 0 saturated carbocycles. The van der Waals surface area contributed by atoms with Gasteiger partial charge < -0.3 is 19.3 Å². The monoisotopic (exact) mass is 378 g/mol. The maximum Gasteiger partial charge on any atom is 0.112 e. The topological polar surface area (TPSA) is 47.9 Å². The van der Waals surface area contributed by atoms with Crippen molar-refractivity contribution in [1.29, 1.82) is 0 Å². The van der Waals surface area contributed by atoms with Gasteiger partial charge in [0.15, 0.2) is 0 Å². The molecule has 1 unspecified atom stereocenters. The number of benzene rings is 2. The van der Waals surface area contributed by atoms with Crippen LogP contribution in [-0.4, -0.2) is 36.6 Å². The van der Waals surface area contributed by atoms with Crippen LogP contribution in [0.5, 0.6) is 0 Å². The quantitative estimate of drug-likeness (QED) is 0.832. The standard InChI is InChI=1S/C13H16O3.C7H7O.V/c1-2-4-10(5-3-1)8-15-12-9-16-11-6-7-14-13(11)12;8-6-7-4-2-1-3-5-7;/h1-5,11-13H,6-9H2;2-5,8H,6H2;/q;-1;/t11-,12?,13+;;/m1../s1. The number of aliphatic hydroxyl groups excluding tert-OH is 1. The van der Waals surface area contributed by atoms with Crippen molar-refractivity contribution in [2.45, 2.75) is 37.9 Å². The minimum absolute atomic E-state index is 0. The van der Waals surface area contributed by atoms with E-state index in [1.165, 1.54) is 5.56 Å². The molecule has 0 amide bonds. The second-order valence-electron chi connectivity index (χ2n) is 5.90. The molecule has 2 fully saturated rings. The first-order valence-electron chi connectivity index (χ1n) is 8.31. The number of fused-ring (bicyclic) bond motifs is 1. The van der Waals surface area contributed by atoms with Crippen molar-refractivity contribution in [3.05, 3.63) is 71.8 Å². The van der Waals surface area contributed by atoms with Gasteiger partial charge in [-0.25, -0.2) is 0 Å². The third-order valence-electron chi connectivity index (χ3n) is 4.20. The third-order valence-corrected chi connectivity index (χ3v) is 4.20. The van der Waals surface area contributed by atoms with Crippen LogP contribution in [0, 0.1) is 6.07 Å². The van der Waals surface area contributed by atoms with Gasteiger partial charge in [-0.2, -0.15) is 30.3 Å². The number of hydrogen-bond acceptors (Lipinski definition) is 4. The Balaban J connectivity index is 0.000000214. The van der Waals surface area contributed by atoms with Gasteiger partial charge in [-0.1, -0.05) is 30.3 Å². The molecule has 0 spiro atoms.